The van der Waals surface area contributed by atoms with Crippen molar-refractivity contribution in [2.24, 2.45) is 0 Å². The molecule has 10 heteroatoms. The zero-order chi connectivity index (χ0) is 21.5. The predicted octanol–water partition coefficient (Wildman–Crippen LogP) is 3.66. The fraction of sp³-hybridized carbons (Fsp3) is 0.400. The Morgan fingerprint density at radius 3 is 2.50 bits per heavy atom. The van der Waals surface area contributed by atoms with E-state index in [1.165, 1.54) is 17.0 Å². The number of benzene rings is 2. The number of ether oxygens (including phenoxy) is 1. The van der Waals surface area contributed by atoms with E-state index in [-0.39, 0.29) is 24.9 Å². The van der Waals surface area contributed by atoms with Crippen molar-refractivity contribution in [2.75, 3.05) is 31.1 Å². The Hall–Kier alpha value is -2.85. The van der Waals surface area contributed by atoms with Crippen molar-refractivity contribution in [1.29, 1.82) is 0 Å². The van der Waals surface area contributed by atoms with Gasteiger partial charge in [0, 0.05) is 32.2 Å². The first-order chi connectivity index (χ1) is 14.3. The number of aliphatic hydroxyl groups is 1. The quantitative estimate of drug-likeness (QED) is 0.597. The van der Waals surface area contributed by atoms with E-state index in [1.54, 1.807) is 18.2 Å². The first-order valence-electron chi connectivity index (χ1n) is 9.54. The van der Waals surface area contributed by atoms with E-state index < -0.39 is 39.9 Å². The summed E-state index contributed by atoms with van der Waals surface area (Å²) < 4.78 is 48.0. The second kappa shape index (κ2) is 7.77. The minimum Gasteiger partial charge on any atom is -0.457 e. The lowest BCUT2D eigenvalue weighted by Crippen LogP contribution is -2.53. The summed E-state index contributed by atoms with van der Waals surface area (Å²) in [6.45, 7) is 1.33. The highest BCUT2D eigenvalue weighted by molar-refractivity contribution is 5.73. The highest BCUT2D eigenvalue weighted by Crippen LogP contribution is 2.48. The second-order valence-electron chi connectivity index (χ2n) is 7.38. The van der Waals surface area contributed by atoms with E-state index in [1.807, 2.05) is 4.90 Å². The van der Waals surface area contributed by atoms with Gasteiger partial charge < -0.3 is 14.7 Å². The minimum absolute atomic E-state index is 0.0693. The van der Waals surface area contributed by atoms with Crippen LogP contribution in [0.1, 0.15) is 12.0 Å². The molecule has 2 aliphatic heterocycles. The van der Waals surface area contributed by atoms with Crippen molar-refractivity contribution in [1.82, 2.24) is 4.90 Å². The van der Waals surface area contributed by atoms with Gasteiger partial charge in [-0.15, -0.1) is 0 Å². The van der Waals surface area contributed by atoms with Crippen molar-refractivity contribution in [3.8, 4) is 11.5 Å². The standard InChI is InChI=1S/C20H20F3N3O4/c21-20(22,23)18-17(30-13-4-2-1-3-5-13)7-6-14(26(28)29)19(18)25-11-10-24-9-8-16(27)15(24)12-25/h1-7,15-16,27H,8-12H2. The van der Waals surface area contributed by atoms with E-state index in [0.717, 1.165) is 12.1 Å². The molecule has 0 aromatic heterocycles. The highest BCUT2D eigenvalue weighted by Gasteiger charge is 2.45. The number of halogens is 3. The fourth-order valence-corrected chi connectivity index (χ4v) is 4.19. The Balaban J connectivity index is 1.82. The van der Waals surface area contributed by atoms with Gasteiger partial charge in [0.2, 0.25) is 0 Å². The van der Waals surface area contributed by atoms with Crippen molar-refractivity contribution in [2.45, 2.75) is 24.7 Å². The molecule has 0 saturated carbocycles. The van der Waals surface area contributed by atoms with Gasteiger partial charge in [-0.1, -0.05) is 18.2 Å². The summed E-state index contributed by atoms with van der Waals surface area (Å²) in [4.78, 5) is 14.2. The second-order valence-corrected chi connectivity index (χ2v) is 7.38. The smallest absolute Gasteiger partial charge is 0.422 e. The molecule has 2 aliphatic rings. The van der Waals surface area contributed by atoms with Gasteiger partial charge in [0.15, 0.2) is 0 Å². The molecule has 2 fully saturated rings. The number of aliphatic hydroxyl groups excluding tert-OH is 1. The average molecular weight is 423 g/mol. The van der Waals surface area contributed by atoms with Crippen LogP contribution in [0.3, 0.4) is 0 Å². The Bertz CT molecular complexity index is 939. The molecule has 2 aromatic rings. The Labute approximate surface area is 170 Å². The lowest BCUT2D eigenvalue weighted by Gasteiger charge is -2.40. The van der Waals surface area contributed by atoms with Gasteiger partial charge in [0.25, 0.3) is 5.69 Å². The molecule has 160 valence electrons. The molecule has 30 heavy (non-hydrogen) atoms. The van der Waals surface area contributed by atoms with Crippen LogP contribution in [-0.4, -0.2) is 53.3 Å². The summed E-state index contributed by atoms with van der Waals surface area (Å²) in [6.07, 6.45) is -5.02. The molecule has 0 bridgehead atoms. The number of hydrogen-bond acceptors (Lipinski definition) is 6. The zero-order valence-corrected chi connectivity index (χ0v) is 15.9. The summed E-state index contributed by atoms with van der Waals surface area (Å²) in [5.74, 6) is -0.303. The van der Waals surface area contributed by atoms with E-state index >= 15 is 0 Å². The lowest BCUT2D eigenvalue weighted by molar-refractivity contribution is -0.384. The van der Waals surface area contributed by atoms with Crippen LogP contribution < -0.4 is 9.64 Å². The maximum absolute atomic E-state index is 14.2. The van der Waals surface area contributed by atoms with Gasteiger partial charge in [-0.3, -0.25) is 15.0 Å². The van der Waals surface area contributed by atoms with Crippen LogP contribution in [0.25, 0.3) is 0 Å². The third-order valence-corrected chi connectivity index (χ3v) is 5.58. The largest absolute Gasteiger partial charge is 0.457 e. The number of fused-ring (bicyclic) bond motifs is 1. The van der Waals surface area contributed by atoms with Crippen LogP contribution in [0, 0.1) is 10.1 Å². The SMILES string of the molecule is O=[N+]([O-])c1ccc(Oc2ccccc2)c(C(F)(F)F)c1N1CCN2CCC(O)C2C1. The number of anilines is 1. The number of alkyl halides is 3. The number of hydrogen-bond donors (Lipinski definition) is 1. The summed E-state index contributed by atoms with van der Waals surface area (Å²) in [7, 11) is 0. The highest BCUT2D eigenvalue weighted by atomic mass is 19.4. The molecule has 2 heterocycles. The van der Waals surface area contributed by atoms with Crippen LogP contribution >= 0.6 is 0 Å². The molecule has 2 unspecified atom stereocenters. The topological polar surface area (TPSA) is 79.1 Å². The Kier molecular flexibility index (Phi) is 5.29. The number of nitro groups is 1. The molecular weight excluding hydrogens is 403 g/mol. The molecular formula is C20H20F3N3O4. The van der Waals surface area contributed by atoms with Crippen molar-refractivity contribution < 1.29 is 27.9 Å². The normalized spacial score (nSPS) is 22.1. The number of nitro benzene ring substituents is 1. The van der Waals surface area contributed by atoms with Gasteiger partial charge >= 0.3 is 6.18 Å². The average Bonchev–Trinajstić information content (AvgIpc) is 3.07. The maximum atomic E-state index is 14.2. The van der Waals surface area contributed by atoms with Crippen molar-refractivity contribution in [3.05, 3.63) is 58.1 Å². The third kappa shape index (κ3) is 3.80. The van der Waals surface area contributed by atoms with Crippen LogP contribution in [0.2, 0.25) is 0 Å². The van der Waals surface area contributed by atoms with E-state index in [0.29, 0.717) is 19.5 Å². The van der Waals surface area contributed by atoms with Crippen molar-refractivity contribution in [3.63, 3.8) is 0 Å². The monoisotopic (exact) mass is 423 g/mol. The molecule has 0 radical (unpaired) electrons. The molecule has 0 aliphatic carbocycles. The number of para-hydroxylation sites is 1. The summed E-state index contributed by atoms with van der Waals surface area (Å²) in [6, 6.07) is 9.62. The van der Waals surface area contributed by atoms with Crippen LogP contribution in [-0.2, 0) is 6.18 Å². The Morgan fingerprint density at radius 1 is 1.10 bits per heavy atom. The first-order valence-corrected chi connectivity index (χ1v) is 9.54. The number of rotatable bonds is 4. The van der Waals surface area contributed by atoms with Crippen LogP contribution in [0.4, 0.5) is 24.5 Å². The van der Waals surface area contributed by atoms with E-state index in [9.17, 15) is 28.4 Å². The van der Waals surface area contributed by atoms with Gasteiger partial charge in [0.1, 0.15) is 22.7 Å². The molecule has 0 spiro atoms. The van der Waals surface area contributed by atoms with Gasteiger partial charge in [0.05, 0.1) is 17.1 Å². The summed E-state index contributed by atoms with van der Waals surface area (Å²) >= 11 is 0. The van der Waals surface area contributed by atoms with Crippen molar-refractivity contribution >= 4 is 11.4 Å². The molecule has 2 aromatic carbocycles. The van der Waals surface area contributed by atoms with Gasteiger partial charge in [-0.2, -0.15) is 13.2 Å². The van der Waals surface area contributed by atoms with E-state index in [4.69, 9.17) is 4.74 Å². The van der Waals surface area contributed by atoms with Gasteiger partial charge in [-0.25, -0.2) is 0 Å². The van der Waals surface area contributed by atoms with Crippen LogP contribution in [0.15, 0.2) is 42.5 Å². The third-order valence-electron chi connectivity index (χ3n) is 5.58. The Morgan fingerprint density at radius 2 is 1.83 bits per heavy atom. The van der Waals surface area contributed by atoms with Crippen LogP contribution in [0.5, 0.6) is 11.5 Å². The van der Waals surface area contributed by atoms with E-state index in [2.05, 4.69) is 0 Å². The molecule has 7 nitrogen and oxygen atoms in total. The number of nitrogens with zero attached hydrogens (tertiary/aromatic N) is 3. The zero-order valence-electron chi connectivity index (χ0n) is 15.9. The maximum Gasteiger partial charge on any atom is 0.422 e. The minimum atomic E-state index is -4.88. The lowest BCUT2D eigenvalue weighted by atomic mass is 10.0. The molecule has 1 N–H and O–H groups in total. The predicted molar refractivity (Wildman–Crippen MR) is 103 cm³/mol. The first kappa shape index (κ1) is 20.4. The number of piperazine rings is 1. The molecule has 4 rings (SSSR count). The fourth-order valence-electron chi connectivity index (χ4n) is 4.19. The molecule has 2 atom stereocenters. The molecule has 2 saturated heterocycles. The molecule has 0 amide bonds. The summed E-state index contributed by atoms with van der Waals surface area (Å²) in [5, 5.41) is 21.8. The van der Waals surface area contributed by atoms with Gasteiger partial charge in [-0.05, 0) is 24.6 Å². The summed E-state index contributed by atoms with van der Waals surface area (Å²) in [5.41, 5.74) is -2.33.